The summed E-state index contributed by atoms with van der Waals surface area (Å²) in [5.41, 5.74) is 0. The number of amides is 1. The molecular formula is C17H17N7O2. The first-order valence-corrected chi connectivity index (χ1v) is 8.22. The van der Waals surface area contributed by atoms with Crippen LogP contribution in [0.25, 0.3) is 11.9 Å². The summed E-state index contributed by atoms with van der Waals surface area (Å²) < 4.78 is 6.78. The van der Waals surface area contributed by atoms with Crippen molar-refractivity contribution in [2.45, 2.75) is 0 Å². The largest absolute Gasteiger partial charge is 0.465 e. The van der Waals surface area contributed by atoms with Crippen LogP contribution >= 0.6 is 0 Å². The average molecular weight is 351 g/mol. The number of anilines is 1. The molecule has 0 unspecified atom stereocenters. The van der Waals surface area contributed by atoms with Crippen LogP contribution in [0.2, 0.25) is 0 Å². The molecule has 1 fully saturated rings. The Kier molecular flexibility index (Phi) is 4.42. The summed E-state index contributed by atoms with van der Waals surface area (Å²) >= 11 is 0. The second-order valence-corrected chi connectivity index (χ2v) is 5.74. The molecule has 26 heavy (non-hydrogen) atoms. The van der Waals surface area contributed by atoms with Gasteiger partial charge in [0.2, 0.25) is 5.91 Å². The molecule has 0 N–H and O–H groups in total. The lowest BCUT2D eigenvalue weighted by Crippen LogP contribution is -2.48. The minimum absolute atomic E-state index is 0.0213. The zero-order valence-electron chi connectivity index (χ0n) is 14.0. The summed E-state index contributed by atoms with van der Waals surface area (Å²) in [6.45, 7) is 2.66. The molecule has 0 atom stereocenters. The van der Waals surface area contributed by atoms with Crippen molar-refractivity contribution in [1.82, 2.24) is 29.6 Å². The molecule has 0 saturated carbocycles. The van der Waals surface area contributed by atoms with Crippen molar-refractivity contribution in [3.05, 3.63) is 55.3 Å². The van der Waals surface area contributed by atoms with E-state index in [1.807, 2.05) is 17.0 Å². The van der Waals surface area contributed by atoms with E-state index in [1.165, 1.54) is 12.7 Å². The highest BCUT2D eigenvalue weighted by Crippen LogP contribution is 2.16. The van der Waals surface area contributed by atoms with Gasteiger partial charge in [-0.2, -0.15) is 5.10 Å². The van der Waals surface area contributed by atoms with E-state index in [1.54, 1.807) is 35.5 Å². The summed E-state index contributed by atoms with van der Waals surface area (Å²) in [5.74, 6) is 2.11. The number of carbonyl (C=O) groups is 1. The van der Waals surface area contributed by atoms with Crippen LogP contribution in [0.4, 0.5) is 5.82 Å². The third-order valence-corrected chi connectivity index (χ3v) is 4.14. The highest BCUT2D eigenvalue weighted by Gasteiger charge is 2.21. The molecule has 0 aliphatic carbocycles. The van der Waals surface area contributed by atoms with Gasteiger partial charge in [0, 0.05) is 38.3 Å². The number of rotatable bonds is 4. The van der Waals surface area contributed by atoms with E-state index in [0.29, 0.717) is 37.8 Å². The summed E-state index contributed by atoms with van der Waals surface area (Å²) in [4.78, 5) is 28.7. The van der Waals surface area contributed by atoms with Crippen molar-refractivity contribution in [3.63, 3.8) is 0 Å². The van der Waals surface area contributed by atoms with Crippen molar-refractivity contribution in [2.75, 3.05) is 31.1 Å². The first kappa shape index (κ1) is 16.0. The quantitative estimate of drug-likeness (QED) is 0.648. The highest BCUT2D eigenvalue weighted by atomic mass is 16.3. The molecule has 9 heteroatoms. The first-order valence-electron chi connectivity index (χ1n) is 8.22. The van der Waals surface area contributed by atoms with E-state index in [-0.39, 0.29) is 5.91 Å². The molecule has 132 valence electrons. The Balaban J connectivity index is 1.38. The maximum absolute atomic E-state index is 12.3. The molecule has 1 aliphatic heterocycles. The fourth-order valence-electron chi connectivity index (χ4n) is 2.76. The third-order valence-electron chi connectivity index (χ3n) is 4.14. The number of aromatic nitrogens is 5. The molecule has 0 bridgehead atoms. The van der Waals surface area contributed by atoms with Gasteiger partial charge in [0.1, 0.15) is 30.6 Å². The number of hydrogen-bond donors (Lipinski definition) is 0. The van der Waals surface area contributed by atoms with Gasteiger partial charge >= 0.3 is 0 Å². The van der Waals surface area contributed by atoms with Crippen LogP contribution in [-0.2, 0) is 4.79 Å². The molecule has 1 amide bonds. The standard InChI is InChI=1S/C17H17N7O2/c25-17(4-3-14-2-1-9-26-14)23-7-5-22(6-8-23)15-10-16(20-12-19-15)24-13-18-11-21-24/h1-4,9-13H,5-8H2. The van der Waals surface area contributed by atoms with Crippen molar-refractivity contribution in [3.8, 4) is 5.82 Å². The number of hydrogen-bond acceptors (Lipinski definition) is 7. The van der Waals surface area contributed by atoms with Gasteiger partial charge in [0.05, 0.1) is 6.26 Å². The molecule has 1 aliphatic rings. The van der Waals surface area contributed by atoms with Crippen molar-refractivity contribution in [2.24, 2.45) is 0 Å². The molecule has 4 rings (SSSR count). The predicted molar refractivity (Wildman–Crippen MR) is 93.5 cm³/mol. The molecule has 9 nitrogen and oxygen atoms in total. The van der Waals surface area contributed by atoms with Crippen LogP contribution in [0.5, 0.6) is 0 Å². The Bertz CT molecular complexity index is 882. The minimum atomic E-state index is -0.0213. The first-order chi connectivity index (χ1) is 12.8. The molecule has 4 heterocycles. The van der Waals surface area contributed by atoms with Gasteiger partial charge in [-0.25, -0.2) is 19.6 Å². The fraction of sp³-hybridized carbons (Fsp3) is 0.235. The summed E-state index contributed by atoms with van der Waals surface area (Å²) in [7, 11) is 0. The average Bonchev–Trinajstić information content (AvgIpc) is 3.40. The van der Waals surface area contributed by atoms with Gasteiger partial charge in [0.25, 0.3) is 0 Å². The van der Waals surface area contributed by atoms with E-state index in [2.05, 4.69) is 25.0 Å². The van der Waals surface area contributed by atoms with E-state index in [9.17, 15) is 4.79 Å². The van der Waals surface area contributed by atoms with Crippen LogP contribution in [0.3, 0.4) is 0 Å². The van der Waals surface area contributed by atoms with Gasteiger partial charge in [0.15, 0.2) is 5.82 Å². The number of carbonyl (C=O) groups excluding carboxylic acids is 1. The molecule has 0 spiro atoms. The van der Waals surface area contributed by atoms with Gasteiger partial charge in [-0.3, -0.25) is 4.79 Å². The second kappa shape index (κ2) is 7.18. The molecule has 1 saturated heterocycles. The Hall–Kier alpha value is -3.49. The molecule has 0 aromatic carbocycles. The van der Waals surface area contributed by atoms with Crippen LogP contribution < -0.4 is 4.90 Å². The number of piperazine rings is 1. The van der Waals surface area contributed by atoms with E-state index >= 15 is 0 Å². The van der Waals surface area contributed by atoms with Crippen LogP contribution in [0, 0.1) is 0 Å². The van der Waals surface area contributed by atoms with Crippen molar-refractivity contribution >= 4 is 17.8 Å². The van der Waals surface area contributed by atoms with E-state index < -0.39 is 0 Å². The highest BCUT2D eigenvalue weighted by molar-refractivity contribution is 5.91. The fourth-order valence-corrected chi connectivity index (χ4v) is 2.76. The number of nitrogens with zero attached hydrogens (tertiary/aromatic N) is 7. The van der Waals surface area contributed by atoms with Crippen molar-refractivity contribution in [1.29, 1.82) is 0 Å². The van der Waals surface area contributed by atoms with Gasteiger partial charge in [-0.1, -0.05) is 0 Å². The topological polar surface area (TPSA) is 93.2 Å². The maximum atomic E-state index is 12.3. The predicted octanol–water partition coefficient (Wildman–Crippen LogP) is 1.01. The minimum Gasteiger partial charge on any atom is -0.465 e. The summed E-state index contributed by atoms with van der Waals surface area (Å²) in [5, 5.41) is 4.08. The monoisotopic (exact) mass is 351 g/mol. The Morgan fingerprint density at radius 2 is 1.96 bits per heavy atom. The van der Waals surface area contributed by atoms with E-state index in [4.69, 9.17) is 4.42 Å². The van der Waals surface area contributed by atoms with Gasteiger partial charge in [-0.05, 0) is 18.2 Å². The van der Waals surface area contributed by atoms with Crippen LogP contribution in [-0.4, -0.2) is 61.7 Å². The van der Waals surface area contributed by atoms with Gasteiger partial charge in [-0.15, -0.1) is 0 Å². The van der Waals surface area contributed by atoms with Gasteiger partial charge < -0.3 is 14.2 Å². The lowest BCUT2D eigenvalue weighted by molar-refractivity contribution is -0.126. The lowest BCUT2D eigenvalue weighted by atomic mass is 10.3. The Morgan fingerprint density at radius 1 is 1.12 bits per heavy atom. The molecule has 3 aromatic heterocycles. The number of furan rings is 1. The molecule has 0 radical (unpaired) electrons. The molecular weight excluding hydrogens is 334 g/mol. The smallest absolute Gasteiger partial charge is 0.246 e. The lowest BCUT2D eigenvalue weighted by Gasteiger charge is -2.34. The van der Waals surface area contributed by atoms with E-state index in [0.717, 1.165) is 5.82 Å². The summed E-state index contributed by atoms with van der Waals surface area (Å²) in [6.07, 6.45) is 9.37. The van der Waals surface area contributed by atoms with Crippen LogP contribution in [0.1, 0.15) is 5.76 Å². The van der Waals surface area contributed by atoms with Crippen LogP contribution in [0.15, 0.2) is 53.9 Å². The maximum Gasteiger partial charge on any atom is 0.246 e. The zero-order chi connectivity index (χ0) is 17.8. The normalized spacial score (nSPS) is 14.9. The third kappa shape index (κ3) is 3.46. The Labute approximate surface area is 149 Å². The molecule has 3 aromatic rings. The zero-order valence-corrected chi connectivity index (χ0v) is 14.0. The SMILES string of the molecule is O=C(C=Cc1ccco1)N1CCN(c2cc(-n3cncn3)ncn2)CC1. The van der Waals surface area contributed by atoms with Crippen molar-refractivity contribution < 1.29 is 9.21 Å². The Morgan fingerprint density at radius 3 is 2.69 bits per heavy atom. The summed E-state index contributed by atoms with van der Waals surface area (Å²) in [6, 6.07) is 5.46. The second-order valence-electron chi connectivity index (χ2n) is 5.74.